The van der Waals surface area contributed by atoms with Crippen LogP contribution in [0.2, 0.25) is 0 Å². The predicted octanol–water partition coefficient (Wildman–Crippen LogP) is 2.84. The summed E-state index contributed by atoms with van der Waals surface area (Å²) in [5, 5.41) is 3.55. The molecular formula is C18H21N3O3S2. The lowest BCUT2D eigenvalue weighted by Crippen LogP contribution is -2.27. The summed E-state index contributed by atoms with van der Waals surface area (Å²) in [6, 6.07) is 5.17. The molecule has 0 fully saturated rings. The molecule has 1 amide bonds. The normalized spacial score (nSPS) is 19.2. The average molecular weight is 392 g/mol. The van der Waals surface area contributed by atoms with Gasteiger partial charge in [-0.1, -0.05) is 6.92 Å². The first-order chi connectivity index (χ1) is 12.3. The van der Waals surface area contributed by atoms with Crippen LogP contribution in [0.1, 0.15) is 39.8 Å². The van der Waals surface area contributed by atoms with Crippen LogP contribution in [0.5, 0.6) is 0 Å². The maximum Gasteiger partial charge on any atom is 0.257 e. The Balaban J connectivity index is 1.53. The number of nitrogens with one attached hydrogen (secondary N) is 1. The first-order valence-electron chi connectivity index (χ1n) is 8.72. The van der Waals surface area contributed by atoms with Crippen LogP contribution in [-0.4, -0.2) is 32.1 Å². The summed E-state index contributed by atoms with van der Waals surface area (Å²) < 4.78 is 25.0. The first kappa shape index (κ1) is 17.5. The molecular weight excluding hydrogens is 370 g/mol. The third-order valence-corrected chi connectivity index (χ3v) is 7.22. The highest BCUT2D eigenvalue weighted by atomic mass is 32.2. The van der Waals surface area contributed by atoms with Gasteiger partial charge in [-0.3, -0.25) is 14.4 Å². The van der Waals surface area contributed by atoms with Crippen molar-refractivity contribution in [1.29, 1.82) is 0 Å². The second-order valence-electron chi connectivity index (χ2n) is 7.12. The molecule has 0 unspecified atom stereocenters. The Morgan fingerprint density at radius 2 is 2.15 bits per heavy atom. The van der Waals surface area contributed by atoms with E-state index in [1.54, 1.807) is 29.5 Å². The Hall–Kier alpha value is -1.93. The number of carbonyl (C=O) groups is 1. The Labute approximate surface area is 157 Å². The fraction of sp³-hybridized carbons (Fsp3) is 0.444. The second kappa shape index (κ2) is 6.35. The minimum Gasteiger partial charge on any atom is -0.298 e. The molecule has 0 saturated carbocycles. The average Bonchev–Trinajstić information content (AvgIpc) is 3.16. The van der Waals surface area contributed by atoms with Crippen LogP contribution in [0.4, 0.5) is 10.8 Å². The van der Waals surface area contributed by atoms with Crippen molar-refractivity contribution in [2.45, 2.75) is 32.6 Å². The van der Waals surface area contributed by atoms with Gasteiger partial charge in [0.05, 0.1) is 17.6 Å². The molecule has 0 bridgehead atoms. The molecule has 1 aromatic heterocycles. The van der Waals surface area contributed by atoms with E-state index in [2.05, 4.69) is 17.2 Å². The van der Waals surface area contributed by atoms with E-state index < -0.39 is 10.0 Å². The quantitative estimate of drug-likeness (QED) is 0.873. The van der Waals surface area contributed by atoms with E-state index in [4.69, 9.17) is 0 Å². The maximum atomic E-state index is 12.6. The molecule has 0 radical (unpaired) electrons. The molecule has 6 nitrogen and oxygen atoms in total. The Kier molecular flexibility index (Phi) is 4.27. The van der Waals surface area contributed by atoms with Gasteiger partial charge in [0.25, 0.3) is 5.91 Å². The zero-order chi connectivity index (χ0) is 18.5. The third-order valence-electron chi connectivity index (χ3n) is 5.00. The van der Waals surface area contributed by atoms with Crippen molar-refractivity contribution in [2.75, 3.05) is 22.4 Å². The number of nitrogens with zero attached hydrogens (tertiary/aromatic N) is 2. The van der Waals surface area contributed by atoms with Crippen molar-refractivity contribution >= 4 is 38.1 Å². The van der Waals surface area contributed by atoms with Gasteiger partial charge in [0.2, 0.25) is 10.0 Å². The van der Waals surface area contributed by atoms with Gasteiger partial charge >= 0.3 is 0 Å². The Morgan fingerprint density at radius 1 is 1.35 bits per heavy atom. The molecule has 26 heavy (non-hydrogen) atoms. The fourth-order valence-electron chi connectivity index (χ4n) is 3.62. The van der Waals surface area contributed by atoms with Gasteiger partial charge in [-0.15, -0.1) is 11.3 Å². The minimum absolute atomic E-state index is 0.204. The smallest absolute Gasteiger partial charge is 0.257 e. The lowest BCUT2D eigenvalue weighted by molar-refractivity contribution is 0.102. The molecule has 1 aromatic carbocycles. The molecule has 4 rings (SSSR count). The predicted molar refractivity (Wildman–Crippen MR) is 104 cm³/mol. The molecule has 138 valence electrons. The standard InChI is InChI=1S/C18H21N3O3S2/c1-11-3-5-14-16(9-11)25-18(19-14)20-17(22)13-4-6-15-12(10-13)7-8-21(15)26(2,23)24/h4,6,10-11H,3,5,7-9H2,1-2H3,(H,19,20,22)/t11-/m1/s1. The molecule has 2 aliphatic rings. The largest absolute Gasteiger partial charge is 0.298 e. The number of carbonyl (C=O) groups excluding carboxylic acids is 1. The van der Waals surface area contributed by atoms with Crippen LogP contribution >= 0.6 is 11.3 Å². The van der Waals surface area contributed by atoms with E-state index >= 15 is 0 Å². The van der Waals surface area contributed by atoms with Crippen molar-refractivity contribution in [1.82, 2.24) is 4.98 Å². The van der Waals surface area contributed by atoms with Gasteiger partial charge in [0.15, 0.2) is 5.13 Å². The van der Waals surface area contributed by atoms with Crippen LogP contribution in [0.25, 0.3) is 0 Å². The number of rotatable bonds is 3. The van der Waals surface area contributed by atoms with Crippen molar-refractivity contribution in [3.8, 4) is 0 Å². The second-order valence-corrected chi connectivity index (χ2v) is 10.1. The Morgan fingerprint density at radius 3 is 2.92 bits per heavy atom. The highest BCUT2D eigenvalue weighted by Gasteiger charge is 2.27. The lowest BCUT2D eigenvalue weighted by atomic mass is 9.93. The van der Waals surface area contributed by atoms with Gasteiger partial charge in [-0.05, 0) is 55.4 Å². The maximum absolute atomic E-state index is 12.6. The summed E-state index contributed by atoms with van der Waals surface area (Å²) in [6.07, 6.45) is 4.97. The van der Waals surface area contributed by atoms with Crippen LogP contribution < -0.4 is 9.62 Å². The van der Waals surface area contributed by atoms with Crippen molar-refractivity contribution in [3.05, 3.63) is 39.9 Å². The molecule has 1 aliphatic carbocycles. The molecule has 1 aliphatic heterocycles. The molecule has 1 atom stereocenters. The monoisotopic (exact) mass is 391 g/mol. The molecule has 0 saturated heterocycles. The van der Waals surface area contributed by atoms with Gasteiger partial charge in [0.1, 0.15) is 0 Å². The first-order valence-corrected chi connectivity index (χ1v) is 11.4. The number of fused-ring (bicyclic) bond motifs is 2. The number of aromatic nitrogens is 1. The van der Waals surface area contributed by atoms with Gasteiger partial charge < -0.3 is 0 Å². The highest BCUT2D eigenvalue weighted by Crippen LogP contribution is 2.33. The number of thiazole rings is 1. The number of sulfonamides is 1. The number of hydrogen-bond acceptors (Lipinski definition) is 5. The van der Waals surface area contributed by atoms with Crippen LogP contribution in [-0.2, 0) is 29.3 Å². The lowest BCUT2D eigenvalue weighted by Gasteiger charge is -2.16. The molecule has 2 aromatic rings. The molecule has 2 heterocycles. The topological polar surface area (TPSA) is 79.4 Å². The van der Waals surface area contributed by atoms with E-state index in [9.17, 15) is 13.2 Å². The Bertz CT molecular complexity index is 982. The van der Waals surface area contributed by atoms with Crippen LogP contribution in [0, 0.1) is 5.92 Å². The summed E-state index contributed by atoms with van der Waals surface area (Å²) in [5.74, 6) is 0.464. The summed E-state index contributed by atoms with van der Waals surface area (Å²) in [6.45, 7) is 2.67. The summed E-state index contributed by atoms with van der Waals surface area (Å²) in [7, 11) is -3.28. The number of anilines is 2. The molecule has 1 N–H and O–H groups in total. The highest BCUT2D eigenvalue weighted by molar-refractivity contribution is 7.92. The number of benzene rings is 1. The van der Waals surface area contributed by atoms with E-state index in [-0.39, 0.29) is 5.91 Å². The van der Waals surface area contributed by atoms with E-state index in [1.807, 2.05) is 0 Å². The third kappa shape index (κ3) is 3.23. The number of aryl methyl sites for hydroxylation is 1. The molecule has 0 spiro atoms. The van der Waals surface area contributed by atoms with Crippen molar-refractivity contribution < 1.29 is 13.2 Å². The minimum atomic E-state index is -3.28. The summed E-state index contributed by atoms with van der Waals surface area (Å²) >= 11 is 1.56. The van der Waals surface area contributed by atoms with Crippen molar-refractivity contribution in [3.63, 3.8) is 0 Å². The van der Waals surface area contributed by atoms with Gasteiger partial charge in [-0.2, -0.15) is 0 Å². The zero-order valence-corrected chi connectivity index (χ0v) is 16.4. The summed E-state index contributed by atoms with van der Waals surface area (Å²) in [5.41, 5.74) is 3.19. The van der Waals surface area contributed by atoms with Crippen LogP contribution in [0.15, 0.2) is 18.2 Å². The number of amides is 1. The van der Waals surface area contributed by atoms with E-state index in [0.717, 1.165) is 30.5 Å². The van der Waals surface area contributed by atoms with Gasteiger partial charge in [0, 0.05) is 17.0 Å². The molecule has 8 heteroatoms. The van der Waals surface area contributed by atoms with E-state index in [1.165, 1.54) is 15.4 Å². The SMILES string of the molecule is C[C@@H]1CCc2nc(NC(=O)c3ccc4c(c3)CCN4S(C)(=O)=O)sc2C1. The fourth-order valence-corrected chi connectivity index (χ4v) is 5.74. The van der Waals surface area contributed by atoms with E-state index in [0.29, 0.717) is 35.3 Å². The van der Waals surface area contributed by atoms with Gasteiger partial charge in [-0.25, -0.2) is 13.4 Å². The van der Waals surface area contributed by atoms with Crippen molar-refractivity contribution in [2.24, 2.45) is 5.92 Å². The summed E-state index contributed by atoms with van der Waals surface area (Å²) in [4.78, 5) is 18.4. The van der Waals surface area contributed by atoms with Crippen LogP contribution in [0.3, 0.4) is 0 Å². The number of hydrogen-bond donors (Lipinski definition) is 1. The zero-order valence-electron chi connectivity index (χ0n) is 14.8.